The summed E-state index contributed by atoms with van der Waals surface area (Å²) in [5, 5.41) is 0. The van der Waals surface area contributed by atoms with Crippen LogP contribution < -0.4 is 0 Å². The van der Waals surface area contributed by atoms with Crippen molar-refractivity contribution in [1.29, 1.82) is 0 Å². The third kappa shape index (κ3) is 2.70. The Labute approximate surface area is 107 Å². The topological polar surface area (TPSA) is 46.6 Å². The van der Waals surface area contributed by atoms with Gasteiger partial charge in [0.1, 0.15) is 0 Å². The molecule has 4 nitrogen and oxygen atoms in total. The van der Waals surface area contributed by atoms with Crippen molar-refractivity contribution in [3.05, 3.63) is 35.9 Å². The molecule has 0 bridgehead atoms. The monoisotopic (exact) mass is 247 g/mol. The smallest absolute Gasteiger partial charge is 0.310 e. The molecule has 96 valence electrons. The zero-order valence-corrected chi connectivity index (χ0v) is 10.5. The Bertz CT molecular complexity index is 430. The Balaban J connectivity index is 1.97. The fourth-order valence-electron chi connectivity index (χ4n) is 2.16. The summed E-state index contributed by atoms with van der Waals surface area (Å²) in [5.41, 5.74) is 0.669. The van der Waals surface area contributed by atoms with Crippen LogP contribution in [0.15, 0.2) is 30.3 Å². The van der Waals surface area contributed by atoms with Crippen LogP contribution in [0.5, 0.6) is 0 Å². The lowest BCUT2D eigenvalue weighted by Gasteiger charge is -2.16. The van der Waals surface area contributed by atoms with Gasteiger partial charge in [0.2, 0.25) is 0 Å². The van der Waals surface area contributed by atoms with E-state index in [1.165, 1.54) is 0 Å². The van der Waals surface area contributed by atoms with E-state index >= 15 is 0 Å². The van der Waals surface area contributed by atoms with Gasteiger partial charge in [0.15, 0.2) is 0 Å². The number of ether oxygens (including phenoxy) is 1. The van der Waals surface area contributed by atoms with Gasteiger partial charge in [-0.1, -0.05) is 18.2 Å². The number of hydrogen-bond acceptors (Lipinski definition) is 3. The number of esters is 1. The molecular weight excluding hydrogens is 230 g/mol. The molecule has 0 aromatic heterocycles. The molecule has 1 unspecified atom stereocenters. The maximum Gasteiger partial charge on any atom is 0.310 e. The molecule has 0 saturated carbocycles. The molecule has 18 heavy (non-hydrogen) atoms. The maximum atomic E-state index is 12.1. The minimum atomic E-state index is -0.194. The first kappa shape index (κ1) is 12.6. The van der Waals surface area contributed by atoms with E-state index in [1.54, 1.807) is 24.0 Å². The zero-order valence-electron chi connectivity index (χ0n) is 10.5. The Kier molecular flexibility index (Phi) is 3.97. The van der Waals surface area contributed by atoms with Crippen LogP contribution >= 0.6 is 0 Å². The standard InChI is InChI=1S/C14H17NO3/c1-2-18-14(17)12-8-9-15(10-12)13(16)11-6-4-3-5-7-11/h3-7,12H,2,8-10H2,1H3. The Morgan fingerprint density at radius 2 is 2.06 bits per heavy atom. The summed E-state index contributed by atoms with van der Waals surface area (Å²) in [7, 11) is 0. The van der Waals surface area contributed by atoms with Gasteiger partial charge in [-0.15, -0.1) is 0 Å². The van der Waals surface area contributed by atoms with Crippen LogP contribution in [0, 0.1) is 5.92 Å². The average Bonchev–Trinajstić information content (AvgIpc) is 2.89. The van der Waals surface area contributed by atoms with Gasteiger partial charge in [0.05, 0.1) is 12.5 Å². The fourth-order valence-corrected chi connectivity index (χ4v) is 2.16. The van der Waals surface area contributed by atoms with Crippen LogP contribution in [0.3, 0.4) is 0 Å². The molecule has 1 aromatic rings. The molecule has 0 spiro atoms. The van der Waals surface area contributed by atoms with Crippen LogP contribution in [0.2, 0.25) is 0 Å². The number of hydrogen-bond donors (Lipinski definition) is 0. The van der Waals surface area contributed by atoms with Crippen molar-refractivity contribution in [2.24, 2.45) is 5.92 Å². The molecule has 0 N–H and O–H groups in total. The summed E-state index contributed by atoms with van der Waals surface area (Å²) < 4.78 is 4.98. The summed E-state index contributed by atoms with van der Waals surface area (Å²) in [5.74, 6) is -0.374. The van der Waals surface area contributed by atoms with Gasteiger partial charge in [-0.3, -0.25) is 9.59 Å². The molecule has 1 aliphatic heterocycles. The molecule has 0 radical (unpaired) electrons. The first-order valence-corrected chi connectivity index (χ1v) is 6.23. The zero-order chi connectivity index (χ0) is 13.0. The number of likely N-dealkylation sites (tertiary alicyclic amines) is 1. The second-order valence-electron chi connectivity index (χ2n) is 4.35. The van der Waals surface area contributed by atoms with E-state index in [0.29, 0.717) is 31.7 Å². The van der Waals surface area contributed by atoms with Crippen molar-refractivity contribution in [2.75, 3.05) is 19.7 Å². The van der Waals surface area contributed by atoms with Gasteiger partial charge in [-0.05, 0) is 25.5 Å². The molecule has 1 saturated heterocycles. The molecule has 0 aliphatic carbocycles. The summed E-state index contributed by atoms with van der Waals surface area (Å²) in [4.78, 5) is 25.5. The quantitative estimate of drug-likeness (QED) is 0.764. The Hall–Kier alpha value is -1.84. The van der Waals surface area contributed by atoms with Crippen molar-refractivity contribution in [3.63, 3.8) is 0 Å². The summed E-state index contributed by atoms with van der Waals surface area (Å²) in [6.45, 7) is 3.27. The van der Waals surface area contributed by atoms with Crippen molar-refractivity contribution in [1.82, 2.24) is 4.90 Å². The van der Waals surface area contributed by atoms with Gasteiger partial charge in [-0.25, -0.2) is 0 Å². The normalized spacial score (nSPS) is 18.7. The largest absolute Gasteiger partial charge is 0.466 e. The highest BCUT2D eigenvalue weighted by Gasteiger charge is 2.32. The lowest BCUT2D eigenvalue weighted by Crippen LogP contribution is -2.30. The first-order valence-electron chi connectivity index (χ1n) is 6.23. The van der Waals surface area contributed by atoms with Crippen LogP contribution in [0.1, 0.15) is 23.7 Å². The van der Waals surface area contributed by atoms with Crippen molar-refractivity contribution < 1.29 is 14.3 Å². The predicted octanol–water partition coefficient (Wildman–Crippen LogP) is 1.71. The average molecular weight is 247 g/mol. The van der Waals surface area contributed by atoms with E-state index in [4.69, 9.17) is 4.74 Å². The highest BCUT2D eigenvalue weighted by Crippen LogP contribution is 2.19. The van der Waals surface area contributed by atoms with E-state index in [-0.39, 0.29) is 17.8 Å². The van der Waals surface area contributed by atoms with Crippen molar-refractivity contribution in [2.45, 2.75) is 13.3 Å². The fraction of sp³-hybridized carbons (Fsp3) is 0.429. The number of amides is 1. The molecular formula is C14H17NO3. The van der Waals surface area contributed by atoms with E-state index in [0.717, 1.165) is 0 Å². The van der Waals surface area contributed by atoms with E-state index < -0.39 is 0 Å². The highest BCUT2D eigenvalue weighted by molar-refractivity contribution is 5.94. The number of rotatable bonds is 3. The number of carbonyl (C=O) groups excluding carboxylic acids is 2. The molecule has 4 heteroatoms. The Morgan fingerprint density at radius 3 is 2.72 bits per heavy atom. The summed E-state index contributed by atoms with van der Waals surface area (Å²) in [6, 6.07) is 9.14. The predicted molar refractivity (Wildman–Crippen MR) is 67.1 cm³/mol. The van der Waals surface area contributed by atoms with Crippen molar-refractivity contribution in [3.8, 4) is 0 Å². The summed E-state index contributed by atoms with van der Waals surface area (Å²) in [6.07, 6.45) is 0.692. The van der Waals surface area contributed by atoms with Gasteiger partial charge < -0.3 is 9.64 Å². The highest BCUT2D eigenvalue weighted by atomic mass is 16.5. The molecule has 1 heterocycles. The third-order valence-electron chi connectivity index (χ3n) is 3.12. The Morgan fingerprint density at radius 1 is 1.33 bits per heavy atom. The molecule has 1 aromatic carbocycles. The van der Waals surface area contributed by atoms with Crippen molar-refractivity contribution >= 4 is 11.9 Å². The lowest BCUT2D eigenvalue weighted by molar-refractivity contribution is -0.147. The molecule has 2 rings (SSSR count). The van der Waals surface area contributed by atoms with Gasteiger partial charge in [0.25, 0.3) is 5.91 Å². The van der Waals surface area contributed by atoms with Crippen LogP contribution in [-0.4, -0.2) is 36.5 Å². The van der Waals surface area contributed by atoms with Gasteiger partial charge >= 0.3 is 5.97 Å². The van der Waals surface area contributed by atoms with Crippen LogP contribution in [0.25, 0.3) is 0 Å². The molecule has 1 aliphatic rings. The molecule has 1 amide bonds. The molecule has 1 atom stereocenters. The third-order valence-corrected chi connectivity index (χ3v) is 3.12. The minimum absolute atomic E-state index is 0.0117. The first-order chi connectivity index (χ1) is 8.72. The van der Waals surface area contributed by atoms with Gasteiger partial charge in [0, 0.05) is 18.7 Å². The summed E-state index contributed by atoms with van der Waals surface area (Å²) >= 11 is 0. The molecule has 1 fully saturated rings. The number of benzene rings is 1. The number of carbonyl (C=O) groups is 2. The maximum absolute atomic E-state index is 12.1. The van der Waals surface area contributed by atoms with Gasteiger partial charge in [-0.2, -0.15) is 0 Å². The van der Waals surface area contributed by atoms with E-state index in [9.17, 15) is 9.59 Å². The second-order valence-corrected chi connectivity index (χ2v) is 4.35. The van der Waals surface area contributed by atoms with E-state index in [1.807, 2.05) is 18.2 Å². The minimum Gasteiger partial charge on any atom is -0.466 e. The van der Waals surface area contributed by atoms with E-state index in [2.05, 4.69) is 0 Å². The number of nitrogens with zero attached hydrogens (tertiary/aromatic N) is 1. The SMILES string of the molecule is CCOC(=O)C1CCN(C(=O)c2ccccc2)C1. The van der Waals surface area contributed by atoms with Crippen LogP contribution in [-0.2, 0) is 9.53 Å². The lowest BCUT2D eigenvalue weighted by atomic mass is 10.1. The second kappa shape index (κ2) is 5.67. The van der Waals surface area contributed by atoms with Crippen LogP contribution in [0.4, 0.5) is 0 Å².